The third-order valence-electron chi connectivity index (χ3n) is 2.52. The Kier molecular flexibility index (Phi) is 5.01. The zero-order chi connectivity index (χ0) is 11.3. The van der Waals surface area contributed by atoms with E-state index in [4.69, 9.17) is 15.6 Å². The molecule has 1 heterocycles. The Hall–Kier alpha value is -0.650. The molecule has 0 saturated carbocycles. The number of nitrogens with two attached hydrogens (primary N) is 1. The molecule has 0 aromatic heterocycles. The lowest BCUT2D eigenvalue weighted by atomic mass is 10.2. The van der Waals surface area contributed by atoms with E-state index in [1.54, 1.807) is 6.92 Å². The first-order valence-electron chi connectivity index (χ1n) is 5.44. The second-order valence-corrected chi connectivity index (χ2v) is 3.99. The molecule has 1 fully saturated rings. The van der Waals surface area contributed by atoms with Crippen LogP contribution in [0.3, 0.4) is 0 Å². The van der Waals surface area contributed by atoms with Crippen LogP contribution >= 0.6 is 0 Å². The summed E-state index contributed by atoms with van der Waals surface area (Å²) in [4.78, 5) is 11.5. The van der Waals surface area contributed by atoms with Crippen molar-refractivity contribution in [2.75, 3.05) is 13.1 Å². The number of carbonyl (C=O) groups excluding carboxylic acids is 1. The van der Waals surface area contributed by atoms with Crippen molar-refractivity contribution in [3.05, 3.63) is 0 Å². The fourth-order valence-corrected chi connectivity index (χ4v) is 1.59. The van der Waals surface area contributed by atoms with Crippen LogP contribution in [0.25, 0.3) is 0 Å². The van der Waals surface area contributed by atoms with E-state index in [-0.39, 0.29) is 24.2 Å². The Balaban J connectivity index is 2.18. The number of hydrogen-bond donors (Lipinski definition) is 3. The molecule has 1 amide bonds. The predicted molar refractivity (Wildman–Crippen MR) is 56.3 cm³/mol. The number of ether oxygens (including phenoxy) is 1. The lowest BCUT2D eigenvalue weighted by molar-refractivity contribution is -0.131. The zero-order valence-corrected chi connectivity index (χ0v) is 9.11. The molecular formula is C10H20N2O3. The van der Waals surface area contributed by atoms with Crippen molar-refractivity contribution in [1.82, 2.24) is 5.32 Å². The number of amides is 1. The number of carbonyl (C=O) groups is 1. The zero-order valence-electron chi connectivity index (χ0n) is 9.11. The fourth-order valence-electron chi connectivity index (χ4n) is 1.59. The van der Waals surface area contributed by atoms with Crippen LogP contribution in [0.1, 0.15) is 26.2 Å². The first-order chi connectivity index (χ1) is 7.13. The molecule has 15 heavy (non-hydrogen) atoms. The van der Waals surface area contributed by atoms with Crippen molar-refractivity contribution in [1.29, 1.82) is 0 Å². The minimum absolute atomic E-state index is 0.0255. The van der Waals surface area contributed by atoms with Crippen LogP contribution in [0.5, 0.6) is 0 Å². The molecule has 4 N–H and O–H groups in total. The molecule has 5 nitrogen and oxygen atoms in total. The lowest BCUT2D eigenvalue weighted by Crippen LogP contribution is -2.36. The van der Waals surface area contributed by atoms with Crippen molar-refractivity contribution < 1.29 is 14.6 Å². The van der Waals surface area contributed by atoms with Gasteiger partial charge in [0.15, 0.2) is 0 Å². The van der Waals surface area contributed by atoms with Gasteiger partial charge in [-0.1, -0.05) is 0 Å². The van der Waals surface area contributed by atoms with E-state index in [9.17, 15) is 4.79 Å². The van der Waals surface area contributed by atoms with Gasteiger partial charge in [-0.15, -0.1) is 0 Å². The van der Waals surface area contributed by atoms with Gasteiger partial charge in [0.1, 0.15) is 6.10 Å². The third-order valence-corrected chi connectivity index (χ3v) is 2.52. The van der Waals surface area contributed by atoms with Crippen LogP contribution in [-0.2, 0) is 9.53 Å². The van der Waals surface area contributed by atoms with Gasteiger partial charge in [0.25, 0.3) is 0 Å². The molecule has 5 heteroatoms. The van der Waals surface area contributed by atoms with Gasteiger partial charge in [-0.3, -0.25) is 4.79 Å². The van der Waals surface area contributed by atoms with Gasteiger partial charge < -0.3 is 20.9 Å². The maximum atomic E-state index is 11.5. The minimum atomic E-state index is -0.383. The molecule has 0 bridgehead atoms. The molecule has 0 aromatic rings. The topological polar surface area (TPSA) is 84.6 Å². The van der Waals surface area contributed by atoms with Crippen molar-refractivity contribution in [3.8, 4) is 0 Å². The molecule has 88 valence electrons. The third kappa shape index (κ3) is 4.15. The highest BCUT2D eigenvalue weighted by molar-refractivity contribution is 5.80. The van der Waals surface area contributed by atoms with Gasteiger partial charge in [0.05, 0.1) is 12.2 Å². The summed E-state index contributed by atoms with van der Waals surface area (Å²) in [6, 6.07) is 0. The van der Waals surface area contributed by atoms with Crippen molar-refractivity contribution in [2.45, 2.75) is 44.5 Å². The summed E-state index contributed by atoms with van der Waals surface area (Å²) in [6.45, 7) is 2.66. The summed E-state index contributed by atoms with van der Waals surface area (Å²) >= 11 is 0. The van der Waals surface area contributed by atoms with Crippen LogP contribution in [0.4, 0.5) is 0 Å². The Morgan fingerprint density at radius 1 is 1.67 bits per heavy atom. The SMILES string of the molecule is CC(O)CCNC(=O)C1CCC(CN)O1. The molecule has 1 rings (SSSR count). The van der Waals surface area contributed by atoms with Crippen LogP contribution in [0, 0.1) is 0 Å². The molecule has 1 saturated heterocycles. The van der Waals surface area contributed by atoms with Gasteiger partial charge in [0.2, 0.25) is 5.91 Å². The summed E-state index contributed by atoms with van der Waals surface area (Å²) in [5.74, 6) is -0.0911. The average Bonchev–Trinajstić information content (AvgIpc) is 2.65. The normalized spacial score (nSPS) is 27.7. The molecule has 0 aliphatic carbocycles. The largest absolute Gasteiger partial charge is 0.393 e. The van der Waals surface area contributed by atoms with Crippen LogP contribution < -0.4 is 11.1 Å². The lowest BCUT2D eigenvalue weighted by Gasteiger charge is -2.13. The molecule has 0 aromatic carbocycles. The summed E-state index contributed by atoms with van der Waals surface area (Å²) in [5.41, 5.74) is 5.45. The Bertz CT molecular complexity index is 209. The van der Waals surface area contributed by atoms with E-state index >= 15 is 0 Å². The molecule has 0 spiro atoms. The summed E-state index contributed by atoms with van der Waals surface area (Å²) in [5, 5.41) is 11.7. The predicted octanol–water partition coefficient (Wildman–Crippen LogP) is -0.620. The standard InChI is InChI=1S/C10H20N2O3/c1-7(13)4-5-12-10(14)9-3-2-8(6-11)15-9/h7-9,13H,2-6,11H2,1H3,(H,12,14). The highest BCUT2D eigenvalue weighted by Crippen LogP contribution is 2.18. The fraction of sp³-hybridized carbons (Fsp3) is 0.900. The van der Waals surface area contributed by atoms with E-state index in [1.807, 2.05) is 0 Å². The van der Waals surface area contributed by atoms with Gasteiger partial charge in [-0.25, -0.2) is 0 Å². The first-order valence-corrected chi connectivity index (χ1v) is 5.44. The first kappa shape index (κ1) is 12.4. The van der Waals surface area contributed by atoms with Crippen molar-refractivity contribution >= 4 is 5.91 Å². The van der Waals surface area contributed by atoms with E-state index < -0.39 is 0 Å². The molecular weight excluding hydrogens is 196 g/mol. The van der Waals surface area contributed by atoms with Crippen LogP contribution in [0.2, 0.25) is 0 Å². The Labute approximate surface area is 90.0 Å². The van der Waals surface area contributed by atoms with Gasteiger partial charge in [0, 0.05) is 13.1 Å². The number of aliphatic hydroxyl groups is 1. The number of rotatable bonds is 5. The Morgan fingerprint density at radius 3 is 2.93 bits per heavy atom. The van der Waals surface area contributed by atoms with Gasteiger partial charge in [-0.05, 0) is 26.2 Å². The van der Waals surface area contributed by atoms with E-state index in [0.29, 0.717) is 19.5 Å². The average molecular weight is 216 g/mol. The monoisotopic (exact) mass is 216 g/mol. The van der Waals surface area contributed by atoms with E-state index in [2.05, 4.69) is 5.32 Å². The van der Waals surface area contributed by atoms with Crippen molar-refractivity contribution in [2.24, 2.45) is 5.73 Å². The molecule has 3 unspecified atom stereocenters. The van der Waals surface area contributed by atoms with Crippen molar-refractivity contribution in [3.63, 3.8) is 0 Å². The summed E-state index contributed by atoms with van der Waals surface area (Å²) in [7, 11) is 0. The quantitative estimate of drug-likeness (QED) is 0.572. The van der Waals surface area contributed by atoms with E-state index in [1.165, 1.54) is 0 Å². The number of hydrogen-bond acceptors (Lipinski definition) is 4. The second-order valence-electron chi connectivity index (χ2n) is 3.99. The Morgan fingerprint density at radius 2 is 2.40 bits per heavy atom. The molecule has 0 radical (unpaired) electrons. The van der Waals surface area contributed by atoms with Crippen LogP contribution in [-0.4, -0.2) is 42.4 Å². The smallest absolute Gasteiger partial charge is 0.249 e. The summed E-state index contributed by atoms with van der Waals surface area (Å²) in [6.07, 6.45) is 1.45. The highest BCUT2D eigenvalue weighted by atomic mass is 16.5. The number of nitrogens with one attached hydrogen (secondary N) is 1. The molecule has 1 aliphatic rings. The van der Waals surface area contributed by atoms with Crippen LogP contribution in [0.15, 0.2) is 0 Å². The number of aliphatic hydroxyl groups excluding tert-OH is 1. The van der Waals surface area contributed by atoms with Gasteiger partial charge >= 0.3 is 0 Å². The second kappa shape index (κ2) is 6.05. The maximum absolute atomic E-state index is 11.5. The molecule has 3 atom stereocenters. The molecule has 1 aliphatic heterocycles. The van der Waals surface area contributed by atoms with Gasteiger partial charge in [-0.2, -0.15) is 0 Å². The maximum Gasteiger partial charge on any atom is 0.249 e. The summed E-state index contributed by atoms with van der Waals surface area (Å²) < 4.78 is 5.43. The minimum Gasteiger partial charge on any atom is -0.393 e. The highest BCUT2D eigenvalue weighted by Gasteiger charge is 2.29. The van der Waals surface area contributed by atoms with E-state index in [0.717, 1.165) is 12.8 Å².